The topological polar surface area (TPSA) is 61.8 Å². The first kappa shape index (κ1) is 20.4. The maximum absolute atomic E-state index is 13.2. The van der Waals surface area contributed by atoms with Gasteiger partial charge < -0.3 is 5.32 Å². The van der Waals surface area contributed by atoms with Crippen LogP contribution in [0, 0.1) is 0 Å². The van der Waals surface area contributed by atoms with Crippen molar-refractivity contribution in [2.75, 3.05) is 10.3 Å². The van der Waals surface area contributed by atoms with Gasteiger partial charge in [0, 0.05) is 16.0 Å². The number of para-hydroxylation sites is 1. The minimum absolute atomic E-state index is 0.141. The smallest absolute Gasteiger partial charge is 0.280 e. The molecule has 0 saturated heterocycles. The Hall–Kier alpha value is -3.51. The van der Waals surface area contributed by atoms with Crippen LogP contribution in [0.2, 0.25) is 0 Å². The standard InChI is InChI=1S/C26H23N3O2S/c1-17-21(26(31)29(28-17)19-12-6-3-7-13-19)16-22-20-14-8-9-15-23(20)32-25(22)27-24(30)18-10-4-2-5-11-18/h2-7,10-13,16H,8-9,14-15H2,1H3,(H,27,30)/b21-16-. The van der Waals surface area contributed by atoms with Crippen molar-refractivity contribution in [3.05, 3.63) is 87.8 Å². The van der Waals surface area contributed by atoms with E-state index >= 15 is 0 Å². The summed E-state index contributed by atoms with van der Waals surface area (Å²) < 4.78 is 0. The second-order valence-electron chi connectivity index (χ2n) is 7.97. The van der Waals surface area contributed by atoms with E-state index in [1.165, 1.54) is 15.4 Å². The molecule has 1 aliphatic carbocycles. The number of fused-ring (bicyclic) bond motifs is 1. The predicted octanol–water partition coefficient (Wildman–Crippen LogP) is 5.69. The average molecular weight is 442 g/mol. The summed E-state index contributed by atoms with van der Waals surface area (Å²) in [4.78, 5) is 27.4. The third-order valence-corrected chi connectivity index (χ3v) is 7.05. The molecule has 6 heteroatoms. The van der Waals surface area contributed by atoms with Crippen LogP contribution in [0.4, 0.5) is 10.7 Å². The number of hydrogen-bond donors (Lipinski definition) is 1. The van der Waals surface area contributed by atoms with Crippen molar-refractivity contribution in [3.63, 3.8) is 0 Å². The lowest BCUT2D eigenvalue weighted by molar-refractivity contribution is -0.114. The van der Waals surface area contributed by atoms with Crippen molar-refractivity contribution in [2.24, 2.45) is 5.10 Å². The zero-order valence-corrected chi connectivity index (χ0v) is 18.6. The molecule has 0 spiro atoms. The molecule has 32 heavy (non-hydrogen) atoms. The molecule has 5 nitrogen and oxygen atoms in total. The SMILES string of the molecule is CC1=NN(c2ccccc2)C(=O)/C1=C\c1c(NC(=O)c2ccccc2)sc2c1CCCC2. The van der Waals surface area contributed by atoms with Gasteiger partial charge in [0.2, 0.25) is 0 Å². The molecule has 2 aromatic carbocycles. The minimum Gasteiger partial charge on any atom is -0.313 e. The third-order valence-electron chi connectivity index (χ3n) is 5.83. The van der Waals surface area contributed by atoms with Crippen molar-refractivity contribution >= 4 is 45.6 Å². The Balaban J connectivity index is 1.52. The molecule has 2 heterocycles. The van der Waals surface area contributed by atoms with Gasteiger partial charge in [0.1, 0.15) is 5.00 Å². The van der Waals surface area contributed by atoms with Gasteiger partial charge in [-0.15, -0.1) is 11.3 Å². The highest BCUT2D eigenvalue weighted by atomic mass is 32.1. The number of nitrogens with one attached hydrogen (secondary N) is 1. The molecule has 0 radical (unpaired) electrons. The molecular formula is C26H23N3O2S. The van der Waals surface area contributed by atoms with Crippen LogP contribution < -0.4 is 10.3 Å². The summed E-state index contributed by atoms with van der Waals surface area (Å²) in [5.41, 5.74) is 4.79. The Morgan fingerprint density at radius 3 is 2.47 bits per heavy atom. The lowest BCUT2D eigenvalue weighted by Crippen LogP contribution is -2.21. The van der Waals surface area contributed by atoms with E-state index in [1.54, 1.807) is 23.5 Å². The van der Waals surface area contributed by atoms with Crippen molar-refractivity contribution in [1.29, 1.82) is 0 Å². The highest BCUT2D eigenvalue weighted by molar-refractivity contribution is 7.16. The summed E-state index contributed by atoms with van der Waals surface area (Å²) in [5.74, 6) is -0.289. The molecule has 0 atom stereocenters. The van der Waals surface area contributed by atoms with Crippen LogP contribution in [0.3, 0.4) is 0 Å². The van der Waals surface area contributed by atoms with Crippen molar-refractivity contribution in [3.8, 4) is 0 Å². The van der Waals surface area contributed by atoms with E-state index in [-0.39, 0.29) is 11.8 Å². The van der Waals surface area contributed by atoms with E-state index in [2.05, 4.69) is 10.4 Å². The second kappa shape index (κ2) is 8.55. The largest absolute Gasteiger partial charge is 0.313 e. The maximum Gasteiger partial charge on any atom is 0.280 e. The number of benzene rings is 2. The first-order valence-corrected chi connectivity index (χ1v) is 11.6. The Bertz CT molecular complexity index is 1240. The Labute approximate surface area is 191 Å². The number of amides is 2. The Kier molecular flexibility index (Phi) is 5.45. The first-order chi connectivity index (χ1) is 15.6. The zero-order chi connectivity index (χ0) is 22.1. The van der Waals surface area contributed by atoms with E-state index in [0.717, 1.165) is 41.9 Å². The molecule has 0 saturated carbocycles. The van der Waals surface area contributed by atoms with Crippen molar-refractivity contribution in [1.82, 2.24) is 0 Å². The fourth-order valence-corrected chi connectivity index (χ4v) is 5.44. The Morgan fingerprint density at radius 2 is 1.72 bits per heavy atom. The quantitative estimate of drug-likeness (QED) is 0.529. The van der Waals surface area contributed by atoms with E-state index < -0.39 is 0 Å². The fourth-order valence-electron chi connectivity index (χ4n) is 4.17. The Morgan fingerprint density at radius 1 is 1.03 bits per heavy atom. The van der Waals surface area contributed by atoms with Crippen LogP contribution in [-0.2, 0) is 17.6 Å². The number of rotatable bonds is 4. The van der Waals surface area contributed by atoms with E-state index in [4.69, 9.17) is 0 Å². The lowest BCUT2D eigenvalue weighted by atomic mass is 9.94. The number of aryl methyl sites for hydroxylation is 1. The highest BCUT2D eigenvalue weighted by Crippen LogP contribution is 2.40. The van der Waals surface area contributed by atoms with Gasteiger partial charge >= 0.3 is 0 Å². The molecule has 0 unspecified atom stereocenters. The van der Waals surface area contributed by atoms with Gasteiger partial charge in [-0.05, 0) is 68.5 Å². The molecule has 0 bridgehead atoms. The van der Waals surface area contributed by atoms with E-state index in [0.29, 0.717) is 16.8 Å². The number of carbonyl (C=O) groups is 2. The van der Waals surface area contributed by atoms with E-state index in [9.17, 15) is 9.59 Å². The van der Waals surface area contributed by atoms with Gasteiger partial charge in [-0.2, -0.15) is 10.1 Å². The number of nitrogens with zero attached hydrogens (tertiary/aromatic N) is 2. The van der Waals surface area contributed by atoms with Gasteiger partial charge in [0.05, 0.1) is 17.0 Å². The zero-order valence-electron chi connectivity index (χ0n) is 17.8. The van der Waals surface area contributed by atoms with Gasteiger partial charge in [0.25, 0.3) is 11.8 Å². The molecule has 5 rings (SSSR count). The molecular weight excluding hydrogens is 418 g/mol. The molecule has 160 valence electrons. The lowest BCUT2D eigenvalue weighted by Gasteiger charge is -2.13. The summed E-state index contributed by atoms with van der Waals surface area (Å²) in [6.07, 6.45) is 6.15. The second-order valence-corrected chi connectivity index (χ2v) is 9.07. The number of anilines is 2. The number of thiophene rings is 1. The van der Waals surface area contributed by atoms with Crippen molar-refractivity contribution < 1.29 is 9.59 Å². The number of carbonyl (C=O) groups excluding carboxylic acids is 2. The third kappa shape index (κ3) is 3.78. The molecule has 1 N–H and O–H groups in total. The summed E-state index contributed by atoms with van der Waals surface area (Å²) in [6, 6.07) is 18.6. The normalized spacial score (nSPS) is 16.8. The first-order valence-electron chi connectivity index (χ1n) is 10.8. The van der Waals surface area contributed by atoms with Gasteiger partial charge in [-0.25, -0.2) is 0 Å². The fraction of sp³-hybridized carbons (Fsp3) is 0.192. The van der Waals surface area contributed by atoms with Crippen LogP contribution in [0.15, 0.2) is 71.3 Å². The van der Waals surface area contributed by atoms with Crippen LogP contribution in [0.25, 0.3) is 6.08 Å². The molecule has 1 aromatic heterocycles. The number of hydrazone groups is 1. The monoisotopic (exact) mass is 441 g/mol. The van der Waals surface area contributed by atoms with Crippen LogP contribution in [-0.4, -0.2) is 17.5 Å². The summed E-state index contributed by atoms with van der Waals surface area (Å²) in [5, 5.41) is 9.85. The van der Waals surface area contributed by atoms with Crippen LogP contribution in [0.1, 0.15) is 46.1 Å². The van der Waals surface area contributed by atoms with Gasteiger partial charge in [0.15, 0.2) is 0 Å². The highest BCUT2D eigenvalue weighted by Gasteiger charge is 2.30. The molecule has 0 fully saturated rings. The van der Waals surface area contributed by atoms with Gasteiger partial charge in [-0.3, -0.25) is 9.59 Å². The van der Waals surface area contributed by atoms with Crippen LogP contribution >= 0.6 is 11.3 Å². The van der Waals surface area contributed by atoms with Crippen molar-refractivity contribution in [2.45, 2.75) is 32.6 Å². The van der Waals surface area contributed by atoms with E-state index in [1.807, 2.05) is 61.5 Å². The molecule has 2 aliphatic rings. The minimum atomic E-state index is -0.148. The predicted molar refractivity (Wildman–Crippen MR) is 130 cm³/mol. The summed E-state index contributed by atoms with van der Waals surface area (Å²) in [7, 11) is 0. The number of hydrogen-bond acceptors (Lipinski definition) is 4. The molecule has 3 aromatic rings. The molecule has 2 amide bonds. The summed E-state index contributed by atoms with van der Waals surface area (Å²) >= 11 is 1.63. The van der Waals surface area contributed by atoms with Crippen LogP contribution in [0.5, 0.6) is 0 Å². The average Bonchev–Trinajstić information content (AvgIpc) is 3.32. The maximum atomic E-state index is 13.2. The van der Waals surface area contributed by atoms with Gasteiger partial charge in [-0.1, -0.05) is 36.4 Å². The summed E-state index contributed by atoms with van der Waals surface area (Å²) in [6.45, 7) is 1.85. The molecule has 1 aliphatic heterocycles.